The fourth-order valence-corrected chi connectivity index (χ4v) is 2.89. The summed E-state index contributed by atoms with van der Waals surface area (Å²) in [7, 11) is 0. The molecule has 0 aliphatic carbocycles. The molecule has 0 bridgehead atoms. The van der Waals surface area contributed by atoms with E-state index in [0.717, 1.165) is 35.0 Å². The Balaban J connectivity index is 1.72. The lowest BCUT2D eigenvalue weighted by Gasteiger charge is -2.09. The lowest BCUT2D eigenvalue weighted by atomic mass is 10.1. The first-order valence-electron chi connectivity index (χ1n) is 6.61. The first-order valence-corrected chi connectivity index (χ1v) is 7.49. The second-order valence-corrected chi connectivity index (χ2v) is 5.92. The SMILES string of the molecule is Cc1nc(CNCc2cc3ccccc3cc2N)cs1. The van der Waals surface area contributed by atoms with E-state index in [2.05, 4.69) is 33.9 Å². The summed E-state index contributed by atoms with van der Waals surface area (Å²) in [5.41, 5.74) is 9.18. The fourth-order valence-electron chi connectivity index (χ4n) is 2.27. The summed E-state index contributed by atoms with van der Waals surface area (Å²) in [4.78, 5) is 4.44. The summed E-state index contributed by atoms with van der Waals surface area (Å²) < 4.78 is 0. The van der Waals surface area contributed by atoms with E-state index in [4.69, 9.17) is 5.73 Å². The number of aryl methyl sites for hydroxylation is 1. The van der Waals surface area contributed by atoms with E-state index in [0.29, 0.717) is 0 Å². The van der Waals surface area contributed by atoms with Crippen LogP contribution in [0.2, 0.25) is 0 Å². The van der Waals surface area contributed by atoms with E-state index < -0.39 is 0 Å². The maximum Gasteiger partial charge on any atom is 0.0897 e. The van der Waals surface area contributed by atoms with Crippen molar-refractivity contribution in [3.63, 3.8) is 0 Å². The molecule has 0 atom stereocenters. The molecule has 0 spiro atoms. The van der Waals surface area contributed by atoms with Gasteiger partial charge in [-0.1, -0.05) is 24.3 Å². The van der Waals surface area contributed by atoms with Gasteiger partial charge in [0.1, 0.15) is 0 Å². The molecule has 0 amide bonds. The second kappa shape index (κ2) is 5.61. The Kier molecular flexibility index (Phi) is 3.67. The number of nitrogens with one attached hydrogen (secondary N) is 1. The average molecular weight is 283 g/mol. The lowest BCUT2D eigenvalue weighted by Crippen LogP contribution is -2.14. The zero-order valence-electron chi connectivity index (χ0n) is 11.4. The summed E-state index contributed by atoms with van der Waals surface area (Å²) in [6, 6.07) is 12.5. The molecular weight excluding hydrogens is 266 g/mol. The smallest absolute Gasteiger partial charge is 0.0897 e. The Morgan fingerprint density at radius 3 is 2.60 bits per heavy atom. The maximum atomic E-state index is 6.12. The minimum Gasteiger partial charge on any atom is -0.398 e. The molecule has 0 aliphatic heterocycles. The highest BCUT2D eigenvalue weighted by atomic mass is 32.1. The fraction of sp³-hybridized carbons (Fsp3) is 0.188. The summed E-state index contributed by atoms with van der Waals surface area (Å²) in [5.74, 6) is 0. The van der Waals surface area contributed by atoms with Crippen molar-refractivity contribution in [1.29, 1.82) is 0 Å². The molecule has 3 nitrogen and oxygen atoms in total. The lowest BCUT2D eigenvalue weighted by molar-refractivity contribution is 0.683. The maximum absolute atomic E-state index is 6.12. The van der Waals surface area contributed by atoms with Crippen LogP contribution in [-0.4, -0.2) is 4.98 Å². The molecule has 3 aromatic rings. The largest absolute Gasteiger partial charge is 0.398 e. The van der Waals surface area contributed by atoms with Crippen LogP contribution in [0.15, 0.2) is 41.8 Å². The van der Waals surface area contributed by atoms with Gasteiger partial charge in [-0.15, -0.1) is 11.3 Å². The molecule has 1 heterocycles. The second-order valence-electron chi connectivity index (χ2n) is 4.86. The number of anilines is 1. The Morgan fingerprint density at radius 2 is 1.90 bits per heavy atom. The zero-order valence-corrected chi connectivity index (χ0v) is 12.2. The molecule has 0 saturated carbocycles. The van der Waals surface area contributed by atoms with Crippen molar-refractivity contribution in [1.82, 2.24) is 10.3 Å². The standard InChI is InChI=1S/C16H17N3S/c1-11-19-15(10-20-11)9-18-8-14-6-12-4-2-3-5-13(12)7-16(14)17/h2-7,10,18H,8-9,17H2,1H3. The third kappa shape index (κ3) is 2.81. The Labute approximate surface area is 122 Å². The van der Waals surface area contributed by atoms with Crippen molar-refractivity contribution in [2.75, 3.05) is 5.73 Å². The zero-order chi connectivity index (χ0) is 13.9. The molecule has 4 heteroatoms. The quantitative estimate of drug-likeness (QED) is 0.721. The van der Waals surface area contributed by atoms with Crippen molar-refractivity contribution in [2.24, 2.45) is 0 Å². The van der Waals surface area contributed by atoms with Gasteiger partial charge in [0.25, 0.3) is 0 Å². The van der Waals surface area contributed by atoms with Crippen molar-refractivity contribution in [3.8, 4) is 0 Å². The number of benzene rings is 2. The van der Waals surface area contributed by atoms with E-state index in [1.807, 2.05) is 25.1 Å². The molecule has 2 aromatic carbocycles. The molecular formula is C16H17N3S. The van der Waals surface area contributed by atoms with Gasteiger partial charge in [-0.05, 0) is 35.4 Å². The van der Waals surface area contributed by atoms with Crippen LogP contribution in [0.3, 0.4) is 0 Å². The number of hydrogen-bond donors (Lipinski definition) is 2. The summed E-state index contributed by atoms with van der Waals surface area (Å²) in [6.07, 6.45) is 0. The van der Waals surface area contributed by atoms with Gasteiger partial charge < -0.3 is 11.1 Å². The number of thiazole rings is 1. The van der Waals surface area contributed by atoms with E-state index >= 15 is 0 Å². The van der Waals surface area contributed by atoms with Gasteiger partial charge in [-0.25, -0.2) is 4.98 Å². The van der Waals surface area contributed by atoms with Crippen LogP contribution in [0.1, 0.15) is 16.3 Å². The van der Waals surface area contributed by atoms with Crippen LogP contribution in [0.5, 0.6) is 0 Å². The normalized spacial score (nSPS) is 11.1. The van der Waals surface area contributed by atoms with Gasteiger partial charge in [0.15, 0.2) is 0 Å². The van der Waals surface area contributed by atoms with E-state index in [1.54, 1.807) is 11.3 Å². The number of nitrogens with two attached hydrogens (primary N) is 1. The summed E-state index contributed by atoms with van der Waals surface area (Å²) in [6.45, 7) is 3.55. The molecule has 0 saturated heterocycles. The third-order valence-electron chi connectivity index (χ3n) is 3.30. The van der Waals surface area contributed by atoms with E-state index in [-0.39, 0.29) is 0 Å². The average Bonchev–Trinajstić information content (AvgIpc) is 2.85. The Hall–Kier alpha value is -1.91. The predicted octanol–water partition coefficient (Wildman–Crippen LogP) is 3.48. The highest BCUT2D eigenvalue weighted by molar-refractivity contribution is 7.09. The highest BCUT2D eigenvalue weighted by Gasteiger charge is 2.03. The summed E-state index contributed by atoms with van der Waals surface area (Å²) in [5, 5.41) is 9.00. The molecule has 1 aromatic heterocycles. The van der Waals surface area contributed by atoms with Crippen LogP contribution in [0.25, 0.3) is 10.8 Å². The van der Waals surface area contributed by atoms with Crippen molar-refractivity contribution in [3.05, 3.63) is 58.0 Å². The van der Waals surface area contributed by atoms with Crippen molar-refractivity contribution in [2.45, 2.75) is 20.0 Å². The number of rotatable bonds is 4. The number of hydrogen-bond acceptors (Lipinski definition) is 4. The van der Waals surface area contributed by atoms with Crippen LogP contribution in [0, 0.1) is 6.92 Å². The van der Waals surface area contributed by atoms with E-state index in [1.165, 1.54) is 10.8 Å². The number of nitrogen functional groups attached to an aromatic ring is 1. The van der Waals surface area contributed by atoms with Gasteiger partial charge in [-0.3, -0.25) is 0 Å². The monoisotopic (exact) mass is 283 g/mol. The van der Waals surface area contributed by atoms with Gasteiger partial charge in [0.2, 0.25) is 0 Å². The topological polar surface area (TPSA) is 50.9 Å². The van der Waals surface area contributed by atoms with Crippen LogP contribution in [-0.2, 0) is 13.1 Å². The first-order chi connectivity index (χ1) is 9.72. The number of nitrogens with zero attached hydrogens (tertiary/aromatic N) is 1. The third-order valence-corrected chi connectivity index (χ3v) is 4.12. The molecule has 3 rings (SSSR count). The first kappa shape index (κ1) is 13.1. The molecule has 0 radical (unpaired) electrons. The van der Waals surface area contributed by atoms with Gasteiger partial charge in [0, 0.05) is 24.2 Å². The molecule has 102 valence electrons. The molecule has 0 fully saturated rings. The molecule has 3 N–H and O–H groups in total. The van der Waals surface area contributed by atoms with Crippen LogP contribution >= 0.6 is 11.3 Å². The summed E-state index contributed by atoms with van der Waals surface area (Å²) >= 11 is 1.68. The van der Waals surface area contributed by atoms with E-state index in [9.17, 15) is 0 Å². The Morgan fingerprint density at radius 1 is 1.15 bits per heavy atom. The van der Waals surface area contributed by atoms with Gasteiger partial charge in [-0.2, -0.15) is 0 Å². The minimum atomic E-state index is 0.757. The number of aromatic nitrogens is 1. The Bertz CT molecular complexity index is 733. The molecule has 0 aliphatic rings. The number of fused-ring (bicyclic) bond motifs is 1. The van der Waals surface area contributed by atoms with Crippen molar-refractivity contribution < 1.29 is 0 Å². The minimum absolute atomic E-state index is 0.757. The van der Waals surface area contributed by atoms with Crippen LogP contribution in [0.4, 0.5) is 5.69 Å². The van der Waals surface area contributed by atoms with Crippen LogP contribution < -0.4 is 11.1 Å². The van der Waals surface area contributed by atoms with Gasteiger partial charge in [0.05, 0.1) is 10.7 Å². The predicted molar refractivity (Wildman–Crippen MR) is 85.8 cm³/mol. The van der Waals surface area contributed by atoms with Crippen molar-refractivity contribution >= 4 is 27.8 Å². The molecule has 0 unspecified atom stereocenters. The highest BCUT2D eigenvalue weighted by Crippen LogP contribution is 2.21. The molecule has 20 heavy (non-hydrogen) atoms. The van der Waals surface area contributed by atoms with Gasteiger partial charge >= 0.3 is 0 Å².